The van der Waals surface area contributed by atoms with E-state index in [2.05, 4.69) is 4.98 Å². The molecule has 1 aromatic carbocycles. The van der Waals surface area contributed by atoms with Crippen molar-refractivity contribution in [2.75, 3.05) is 18.1 Å². The van der Waals surface area contributed by atoms with Crippen LogP contribution >= 0.6 is 0 Å². The minimum Gasteiger partial charge on any atom is -0.465 e. The van der Waals surface area contributed by atoms with Crippen molar-refractivity contribution in [3.8, 4) is 17.7 Å². The van der Waals surface area contributed by atoms with Gasteiger partial charge >= 0.3 is 12.1 Å². The second-order valence-corrected chi connectivity index (χ2v) is 6.33. The maximum Gasteiger partial charge on any atom is 0.433 e. The molecule has 3 rings (SSSR count). The van der Waals surface area contributed by atoms with Gasteiger partial charge in [0.25, 0.3) is 0 Å². The highest BCUT2D eigenvalue weighted by Crippen LogP contribution is 2.37. The van der Waals surface area contributed by atoms with Crippen LogP contribution in [0.15, 0.2) is 30.3 Å². The van der Waals surface area contributed by atoms with Gasteiger partial charge in [-0.15, -0.1) is 0 Å². The first kappa shape index (κ1) is 21.1. The predicted molar refractivity (Wildman–Crippen MR) is 97.8 cm³/mol. The Morgan fingerprint density at radius 3 is 2.73 bits per heavy atom. The van der Waals surface area contributed by atoms with E-state index in [1.165, 1.54) is 11.0 Å². The molecule has 0 unspecified atom stereocenters. The molecular formula is C20H16F3N3O4. The quantitative estimate of drug-likeness (QED) is 0.688. The van der Waals surface area contributed by atoms with Gasteiger partial charge in [0.15, 0.2) is 0 Å². The van der Waals surface area contributed by atoms with Crippen LogP contribution in [-0.4, -0.2) is 30.0 Å². The third kappa shape index (κ3) is 4.51. The van der Waals surface area contributed by atoms with Crippen molar-refractivity contribution < 1.29 is 32.2 Å². The number of benzene rings is 1. The number of anilines is 1. The Hall–Kier alpha value is -3.61. The fourth-order valence-electron chi connectivity index (χ4n) is 3.04. The Bertz CT molecular complexity index is 1030. The molecule has 7 nitrogen and oxygen atoms in total. The molecule has 2 aromatic rings. The maximum atomic E-state index is 13.1. The van der Waals surface area contributed by atoms with Crippen molar-refractivity contribution in [2.45, 2.75) is 25.9 Å². The molecule has 156 valence electrons. The van der Waals surface area contributed by atoms with Gasteiger partial charge in [0.1, 0.15) is 18.0 Å². The summed E-state index contributed by atoms with van der Waals surface area (Å²) in [5.74, 6) is -1.08. The van der Waals surface area contributed by atoms with Crippen LogP contribution in [0.4, 0.5) is 18.9 Å². The van der Waals surface area contributed by atoms with Gasteiger partial charge in [0, 0.05) is 18.1 Å². The number of rotatable bonds is 5. The monoisotopic (exact) mass is 419 g/mol. The number of ether oxygens (including phenoxy) is 2. The van der Waals surface area contributed by atoms with Crippen LogP contribution in [0.25, 0.3) is 0 Å². The van der Waals surface area contributed by atoms with E-state index in [-0.39, 0.29) is 43.2 Å². The van der Waals surface area contributed by atoms with E-state index in [1.54, 1.807) is 25.1 Å². The molecule has 0 radical (unpaired) electrons. The van der Waals surface area contributed by atoms with Gasteiger partial charge in [-0.1, -0.05) is 6.07 Å². The molecule has 0 bridgehead atoms. The minimum atomic E-state index is -4.75. The van der Waals surface area contributed by atoms with Gasteiger partial charge in [-0.05, 0) is 31.5 Å². The number of aromatic nitrogens is 1. The lowest BCUT2D eigenvalue weighted by Gasteiger charge is -2.29. The zero-order valence-corrected chi connectivity index (χ0v) is 15.8. The Kier molecular flexibility index (Phi) is 5.91. The second kappa shape index (κ2) is 8.41. The van der Waals surface area contributed by atoms with Crippen LogP contribution in [-0.2, 0) is 26.9 Å². The number of pyridine rings is 1. The van der Waals surface area contributed by atoms with Crippen molar-refractivity contribution in [1.29, 1.82) is 5.26 Å². The average molecular weight is 419 g/mol. The van der Waals surface area contributed by atoms with Gasteiger partial charge in [-0.25, -0.2) is 4.98 Å². The SMILES string of the molecule is CCOC(=O)CN1C(=O)CCc2c(Oc3cc(C#N)cc(C(F)(F)F)n3)cccc21. The van der Waals surface area contributed by atoms with E-state index in [0.29, 0.717) is 17.3 Å². The number of fused-ring (bicyclic) bond motifs is 1. The Morgan fingerprint density at radius 1 is 1.30 bits per heavy atom. The summed E-state index contributed by atoms with van der Waals surface area (Å²) < 4.78 is 49.6. The summed E-state index contributed by atoms with van der Waals surface area (Å²) in [5.41, 5.74) is -0.555. The smallest absolute Gasteiger partial charge is 0.433 e. The number of amides is 1. The highest BCUT2D eigenvalue weighted by atomic mass is 19.4. The third-order valence-corrected chi connectivity index (χ3v) is 4.32. The standard InChI is InChI=1S/C20H16F3N3O4/c1-2-29-19(28)11-26-14-4-3-5-15(13(14)6-7-18(26)27)30-17-9-12(10-24)8-16(25-17)20(21,22)23/h3-5,8-9H,2,6-7,11H2,1H3. The molecule has 10 heteroatoms. The molecular weight excluding hydrogens is 403 g/mol. The second-order valence-electron chi connectivity index (χ2n) is 6.33. The summed E-state index contributed by atoms with van der Waals surface area (Å²) in [5, 5.41) is 9.01. The molecule has 0 atom stereocenters. The summed E-state index contributed by atoms with van der Waals surface area (Å²) in [4.78, 5) is 28.9. The molecule has 0 fully saturated rings. The number of esters is 1. The molecule has 0 saturated heterocycles. The van der Waals surface area contributed by atoms with E-state index >= 15 is 0 Å². The lowest BCUT2D eigenvalue weighted by atomic mass is 10.00. The van der Waals surface area contributed by atoms with Gasteiger partial charge in [-0.2, -0.15) is 18.4 Å². The molecule has 30 heavy (non-hydrogen) atoms. The third-order valence-electron chi connectivity index (χ3n) is 4.32. The molecule has 2 heterocycles. The Labute approximate surface area is 169 Å². The number of carbonyl (C=O) groups excluding carboxylic acids is 2. The summed E-state index contributed by atoms with van der Waals surface area (Å²) in [7, 11) is 0. The molecule has 1 aliphatic rings. The first-order valence-corrected chi connectivity index (χ1v) is 8.98. The van der Waals surface area contributed by atoms with Gasteiger partial charge in [0.05, 0.1) is 23.9 Å². The number of nitriles is 1. The van der Waals surface area contributed by atoms with Crippen molar-refractivity contribution in [1.82, 2.24) is 4.98 Å². The van der Waals surface area contributed by atoms with E-state index in [0.717, 1.165) is 6.07 Å². The largest absolute Gasteiger partial charge is 0.465 e. The summed E-state index contributed by atoms with van der Waals surface area (Å²) in [6, 6.07) is 8.05. The van der Waals surface area contributed by atoms with Crippen molar-refractivity contribution in [3.63, 3.8) is 0 Å². The topological polar surface area (TPSA) is 92.5 Å². The summed E-state index contributed by atoms with van der Waals surface area (Å²) in [6.07, 6.45) is -4.38. The first-order valence-electron chi connectivity index (χ1n) is 8.98. The summed E-state index contributed by atoms with van der Waals surface area (Å²) in [6.45, 7) is 1.52. The minimum absolute atomic E-state index is 0.0895. The van der Waals surface area contributed by atoms with E-state index in [4.69, 9.17) is 14.7 Å². The fourth-order valence-corrected chi connectivity index (χ4v) is 3.04. The number of halogens is 3. The van der Waals surface area contributed by atoms with Gasteiger partial charge in [0.2, 0.25) is 11.8 Å². The van der Waals surface area contributed by atoms with E-state index in [1.807, 2.05) is 0 Å². The first-order chi connectivity index (χ1) is 14.2. The fraction of sp³-hybridized carbons (Fsp3) is 0.300. The van der Waals surface area contributed by atoms with Crippen LogP contribution in [0, 0.1) is 11.3 Å². The normalized spacial score (nSPS) is 13.4. The van der Waals surface area contributed by atoms with Gasteiger partial charge < -0.3 is 14.4 Å². The van der Waals surface area contributed by atoms with Crippen LogP contribution in [0.5, 0.6) is 11.6 Å². The van der Waals surface area contributed by atoms with Crippen LogP contribution in [0.1, 0.15) is 30.2 Å². The molecule has 0 N–H and O–H groups in total. The lowest BCUT2D eigenvalue weighted by molar-refractivity contribution is -0.142. The molecule has 1 aliphatic heterocycles. The maximum absolute atomic E-state index is 13.1. The number of nitrogens with zero attached hydrogens (tertiary/aromatic N) is 3. The Balaban J connectivity index is 1.97. The average Bonchev–Trinajstić information content (AvgIpc) is 2.69. The van der Waals surface area contributed by atoms with Crippen molar-refractivity contribution >= 4 is 17.6 Å². The number of hydrogen-bond acceptors (Lipinski definition) is 6. The zero-order valence-electron chi connectivity index (χ0n) is 15.8. The van der Waals surface area contributed by atoms with Crippen molar-refractivity contribution in [3.05, 3.63) is 47.2 Å². The highest BCUT2D eigenvalue weighted by Gasteiger charge is 2.34. The van der Waals surface area contributed by atoms with Gasteiger partial charge in [-0.3, -0.25) is 9.59 Å². The van der Waals surface area contributed by atoms with E-state index in [9.17, 15) is 22.8 Å². The van der Waals surface area contributed by atoms with Crippen molar-refractivity contribution in [2.24, 2.45) is 0 Å². The number of alkyl halides is 3. The molecule has 1 amide bonds. The van der Waals surface area contributed by atoms with Crippen LogP contribution in [0.3, 0.4) is 0 Å². The zero-order chi connectivity index (χ0) is 21.9. The molecule has 0 spiro atoms. The Morgan fingerprint density at radius 2 is 2.07 bits per heavy atom. The van der Waals surface area contributed by atoms with Crippen LogP contribution < -0.4 is 9.64 Å². The number of carbonyl (C=O) groups is 2. The molecule has 1 aromatic heterocycles. The number of hydrogen-bond donors (Lipinski definition) is 0. The molecule has 0 saturated carbocycles. The summed E-state index contributed by atoms with van der Waals surface area (Å²) >= 11 is 0. The predicted octanol–water partition coefficient (Wildman–Crippen LogP) is 3.61. The van der Waals surface area contributed by atoms with Crippen LogP contribution in [0.2, 0.25) is 0 Å². The molecule has 0 aliphatic carbocycles. The highest BCUT2D eigenvalue weighted by molar-refractivity contribution is 6.00. The lowest BCUT2D eigenvalue weighted by Crippen LogP contribution is -2.39. The van der Waals surface area contributed by atoms with E-state index < -0.39 is 23.7 Å².